The second-order valence-electron chi connectivity index (χ2n) is 8.11. The smallest absolute Gasteiger partial charge is 0.345 e. The number of piperidine rings is 1. The Balaban J connectivity index is 1.54. The van der Waals surface area contributed by atoms with Gasteiger partial charge in [-0.15, -0.1) is 0 Å². The Bertz CT molecular complexity index is 1030. The molecule has 0 bridgehead atoms. The number of rotatable bonds is 2. The summed E-state index contributed by atoms with van der Waals surface area (Å²) in [4.78, 5) is 28.7. The maximum Gasteiger partial charge on any atom is 0.345 e. The van der Waals surface area contributed by atoms with E-state index in [2.05, 4.69) is 26.6 Å². The lowest BCUT2D eigenvalue weighted by atomic mass is 9.94. The van der Waals surface area contributed by atoms with Gasteiger partial charge in [-0.1, -0.05) is 0 Å². The molecule has 1 aromatic carbocycles. The highest BCUT2D eigenvalue weighted by Crippen LogP contribution is 2.39. The molecular formula is C21H24N4O4. The van der Waals surface area contributed by atoms with Crippen LogP contribution in [0.25, 0.3) is 11.3 Å². The number of hydrogen-bond donors (Lipinski definition) is 5. The van der Waals surface area contributed by atoms with Crippen LogP contribution in [0.15, 0.2) is 23.0 Å². The van der Waals surface area contributed by atoms with Crippen LogP contribution in [0, 0.1) is 5.92 Å². The van der Waals surface area contributed by atoms with E-state index in [4.69, 9.17) is 0 Å². The van der Waals surface area contributed by atoms with E-state index >= 15 is 0 Å². The van der Waals surface area contributed by atoms with Crippen LogP contribution in [0.3, 0.4) is 0 Å². The Morgan fingerprint density at radius 2 is 2.07 bits per heavy atom. The van der Waals surface area contributed by atoms with E-state index in [1.54, 1.807) is 0 Å². The van der Waals surface area contributed by atoms with Crippen molar-refractivity contribution in [3.8, 4) is 17.0 Å². The highest BCUT2D eigenvalue weighted by Gasteiger charge is 2.34. The molecule has 1 aromatic heterocycles. The summed E-state index contributed by atoms with van der Waals surface area (Å²) in [7, 11) is 0. The van der Waals surface area contributed by atoms with Gasteiger partial charge in [0.25, 0.3) is 5.56 Å². The molecule has 8 nitrogen and oxygen atoms in total. The molecule has 2 atom stereocenters. The molecule has 4 heterocycles. The van der Waals surface area contributed by atoms with E-state index in [-0.39, 0.29) is 0 Å². The minimum absolute atomic E-state index is 0.417. The lowest BCUT2D eigenvalue weighted by Crippen LogP contribution is -2.40. The van der Waals surface area contributed by atoms with Gasteiger partial charge in [0.2, 0.25) is 0 Å². The minimum atomic E-state index is -1.43. The molecule has 3 aliphatic heterocycles. The summed E-state index contributed by atoms with van der Waals surface area (Å²) in [5, 5.41) is 26.7. The van der Waals surface area contributed by atoms with Crippen LogP contribution >= 0.6 is 0 Å². The maximum absolute atomic E-state index is 12.3. The first-order valence-electron chi connectivity index (χ1n) is 10.1. The summed E-state index contributed by atoms with van der Waals surface area (Å²) in [5.74, 6) is -1.19. The van der Waals surface area contributed by atoms with Crippen molar-refractivity contribution in [1.29, 1.82) is 0 Å². The van der Waals surface area contributed by atoms with Gasteiger partial charge in [0.15, 0.2) is 5.56 Å². The van der Waals surface area contributed by atoms with Crippen LogP contribution in [0.5, 0.6) is 5.75 Å². The number of carboxylic acids is 1. The quantitative estimate of drug-likeness (QED) is 0.523. The standard InChI is InChI=1S/C21H24N4O4/c26-19-14-5-7-23-15-8-12(25-9-11-2-1-6-22-16(11)10-25)3-4-13(15)18(14)24-20(27)17(19)21(28)29/h3-4,8,11,16,22-23H,1-2,5-7,9-10H2,(H,28,29)(H2,24,26,27). The molecule has 0 aliphatic carbocycles. The van der Waals surface area contributed by atoms with Crippen molar-refractivity contribution in [3.05, 3.63) is 39.7 Å². The molecule has 0 amide bonds. The van der Waals surface area contributed by atoms with Crippen molar-refractivity contribution in [2.45, 2.75) is 25.3 Å². The predicted molar refractivity (Wildman–Crippen MR) is 110 cm³/mol. The zero-order valence-electron chi connectivity index (χ0n) is 16.0. The Hall–Kier alpha value is -3.00. The molecule has 5 rings (SSSR count). The van der Waals surface area contributed by atoms with Crippen molar-refractivity contribution in [1.82, 2.24) is 10.3 Å². The number of carboxylic acid groups (broad SMARTS) is 1. The normalized spacial score (nSPS) is 22.8. The van der Waals surface area contributed by atoms with Crippen molar-refractivity contribution < 1.29 is 15.0 Å². The fourth-order valence-corrected chi connectivity index (χ4v) is 4.97. The third kappa shape index (κ3) is 2.95. The number of aromatic carboxylic acids is 1. The Labute approximate surface area is 167 Å². The monoisotopic (exact) mass is 396 g/mol. The number of H-pyrrole nitrogens is 1. The van der Waals surface area contributed by atoms with Gasteiger partial charge in [-0.25, -0.2) is 4.79 Å². The average molecular weight is 396 g/mol. The van der Waals surface area contributed by atoms with Gasteiger partial charge in [-0.05, 0) is 49.9 Å². The number of aromatic amines is 1. The highest BCUT2D eigenvalue weighted by atomic mass is 16.4. The van der Waals surface area contributed by atoms with E-state index in [1.165, 1.54) is 12.8 Å². The summed E-state index contributed by atoms with van der Waals surface area (Å²) in [6.07, 6.45) is 2.91. The van der Waals surface area contributed by atoms with Crippen molar-refractivity contribution in [2.75, 3.05) is 36.4 Å². The summed E-state index contributed by atoms with van der Waals surface area (Å²) in [6.45, 7) is 3.65. The van der Waals surface area contributed by atoms with Crippen molar-refractivity contribution >= 4 is 17.3 Å². The molecule has 0 spiro atoms. The molecule has 152 valence electrons. The average Bonchev–Trinajstić information content (AvgIpc) is 3.05. The molecule has 8 heteroatoms. The number of carbonyl (C=O) groups is 1. The van der Waals surface area contributed by atoms with Gasteiger partial charge in [0.1, 0.15) is 5.75 Å². The molecule has 0 saturated carbocycles. The Morgan fingerprint density at radius 3 is 2.86 bits per heavy atom. The molecule has 2 fully saturated rings. The van der Waals surface area contributed by atoms with Crippen LogP contribution in [0.1, 0.15) is 28.8 Å². The van der Waals surface area contributed by atoms with Gasteiger partial charge >= 0.3 is 5.97 Å². The summed E-state index contributed by atoms with van der Waals surface area (Å²) >= 11 is 0. The molecule has 5 N–H and O–H groups in total. The van der Waals surface area contributed by atoms with E-state index in [0.717, 1.165) is 36.6 Å². The van der Waals surface area contributed by atoms with Crippen LogP contribution in [0.2, 0.25) is 0 Å². The first-order valence-corrected chi connectivity index (χ1v) is 10.1. The third-order valence-corrected chi connectivity index (χ3v) is 6.43. The van der Waals surface area contributed by atoms with Crippen molar-refractivity contribution in [3.63, 3.8) is 0 Å². The van der Waals surface area contributed by atoms with Gasteiger partial charge in [-0.3, -0.25) is 4.79 Å². The SMILES string of the molecule is O=C(O)c1c(O)c2c([nH]c1=O)-c1ccc(N3CC4CCCNC4C3)cc1NCC2. The maximum atomic E-state index is 12.3. The van der Waals surface area contributed by atoms with E-state index < -0.39 is 22.8 Å². The predicted octanol–water partition coefficient (Wildman–Crippen LogP) is 1.60. The number of aromatic nitrogens is 1. The number of benzene rings is 1. The molecule has 29 heavy (non-hydrogen) atoms. The first-order chi connectivity index (χ1) is 14.0. The number of pyridine rings is 1. The van der Waals surface area contributed by atoms with Crippen LogP contribution in [-0.4, -0.2) is 53.4 Å². The van der Waals surface area contributed by atoms with E-state index in [0.29, 0.717) is 36.2 Å². The zero-order valence-corrected chi connectivity index (χ0v) is 16.0. The molecule has 0 radical (unpaired) electrons. The fraction of sp³-hybridized carbons (Fsp3) is 0.429. The number of anilines is 2. The lowest BCUT2D eigenvalue weighted by Gasteiger charge is -2.24. The Kier molecular flexibility index (Phi) is 4.24. The van der Waals surface area contributed by atoms with Crippen molar-refractivity contribution in [2.24, 2.45) is 5.92 Å². The zero-order chi connectivity index (χ0) is 20.1. The van der Waals surface area contributed by atoms with E-state index in [1.807, 2.05) is 12.1 Å². The second kappa shape index (κ2) is 6.81. The topological polar surface area (TPSA) is 118 Å². The number of hydrogen-bond acceptors (Lipinski definition) is 6. The first kappa shape index (κ1) is 18.1. The second-order valence-corrected chi connectivity index (χ2v) is 8.11. The lowest BCUT2D eigenvalue weighted by molar-refractivity contribution is 0.0691. The summed E-state index contributed by atoms with van der Waals surface area (Å²) in [6, 6.07) is 6.60. The fourth-order valence-electron chi connectivity index (χ4n) is 4.97. The Morgan fingerprint density at radius 1 is 1.21 bits per heavy atom. The van der Waals surface area contributed by atoms with Crippen LogP contribution in [-0.2, 0) is 6.42 Å². The molecular weight excluding hydrogens is 372 g/mol. The molecule has 3 aliphatic rings. The third-order valence-electron chi connectivity index (χ3n) is 6.43. The summed E-state index contributed by atoms with van der Waals surface area (Å²) in [5.41, 5.74) is 2.32. The summed E-state index contributed by atoms with van der Waals surface area (Å²) < 4.78 is 0. The van der Waals surface area contributed by atoms with E-state index in [9.17, 15) is 19.8 Å². The van der Waals surface area contributed by atoms with Gasteiger partial charge < -0.3 is 30.7 Å². The number of fused-ring (bicyclic) bond motifs is 4. The number of aromatic hydroxyl groups is 1. The molecule has 2 unspecified atom stereocenters. The minimum Gasteiger partial charge on any atom is -0.506 e. The number of nitrogens with zero attached hydrogens (tertiary/aromatic N) is 1. The molecule has 2 saturated heterocycles. The van der Waals surface area contributed by atoms with Crippen LogP contribution in [0.4, 0.5) is 11.4 Å². The number of nitrogens with one attached hydrogen (secondary N) is 3. The molecule has 2 aromatic rings. The largest absolute Gasteiger partial charge is 0.506 e. The highest BCUT2D eigenvalue weighted by molar-refractivity contribution is 5.93. The van der Waals surface area contributed by atoms with Gasteiger partial charge in [0, 0.05) is 48.2 Å². The van der Waals surface area contributed by atoms with Crippen LogP contribution < -0.4 is 21.1 Å². The van der Waals surface area contributed by atoms with Gasteiger partial charge in [-0.2, -0.15) is 0 Å². The van der Waals surface area contributed by atoms with Gasteiger partial charge in [0.05, 0.1) is 5.69 Å².